The number of rotatable bonds is 6. The number of ketones is 2. The van der Waals surface area contributed by atoms with Crippen LogP contribution < -0.4 is 0 Å². The smallest absolute Gasteiger partial charge is 0.351 e. The Bertz CT molecular complexity index is 1460. The van der Waals surface area contributed by atoms with Gasteiger partial charge in [0.1, 0.15) is 0 Å². The molecule has 0 fully saturated rings. The van der Waals surface area contributed by atoms with Gasteiger partial charge in [0.15, 0.2) is 22.7 Å². The second kappa shape index (κ2) is 10.7. The molecule has 0 saturated heterocycles. The minimum atomic E-state index is -1.05. The summed E-state index contributed by atoms with van der Waals surface area (Å²) in [6.07, 6.45) is 0. The Labute approximate surface area is 218 Å². The van der Waals surface area contributed by atoms with Crippen molar-refractivity contribution in [2.24, 2.45) is 0 Å². The molecular weight excluding hydrogens is 480 g/mol. The van der Waals surface area contributed by atoms with Gasteiger partial charge in [-0.05, 0) is 0 Å². The van der Waals surface area contributed by atoms with Gasteiger partial charge >= 0.3 is 11.9 Å². The largest absolute Gasteiger partial charge is 0.421 e. The average Bonchev–Trinajstić information content (AvgIpc) is 2.97. The van der Waals surface area contributed by atoms with Gasteiger partial charge in [-0.15, -0.1) is 0 Å². The van der Waals surface area contributed by atoms with Gasteiger partial charge in [-0.2, -0.15) is 0 Å². The van der Waals surface area contributed by atoms with Gasteiger partial charge < -0.3 is 9.47 Å². The van der Waals surface area contributed by atoms with Crippen molar-refractivity contribution >= 4 is 35.0 Å². The fourth-order valence-electron chi connectivity index (χ4n) is 4.02. The molecule has 0 N–H and O–H groups in total. The van der Waals surface area contributed by atoms with Crippen molar-refractivity contribution in [3.8, 4) is 0 Å². The van der Waals surface area contributed by atoms with E-state index < -0.39 is 34.7 Å². The summed E-state index contributed by atoms with van der Waals surface area (Å²) >= 11 is 0. The molecule has 0 aromatic heterocycles. The second-order valence-corrected chi connectivity index (χ2v) is 8.31. The topological polar surface area (TPSA) is 86.7 Å². The molecule has 0 unspecified atom stereocenters. The van der Waals surface area contributed by atoms with Gasteiger partial charge in [0.05, 0.1) is 0 Å². The molecule has 6 nitrogen and oxygen atoms in total. The van der Waals surface area contributed by atoms with Crippen LogP contribution in [0.4, 0.5) is 0 Å². The lowest BCUT2D eigenvalue weighted by atomic mass is 9.96. The predicted octanol–water partition coefficient (Wildman–Crippen LogP) is 5.67. The maximum Gasteiger partial charge on any atom is 0.351 e. The minimum absolute atomic E-state index is 0.204. The fourth-order valence-corrected chi connectivity index (χ4v) is 4.02. The quantitative estimate of drug-likeness (QED) is 0.193. The summed E-state index contributed by atoms with van der Waals surface area (Å²) in [5.41, 5.74) is 0.0787. The van der Waals surface area contributed by atoms with Gasteiger partial charge in [0, 0.05) is 22.3 Å². The molecule has 0 saturated carbocycles. The average molecular weight is 501 g/mol. The highest BCUT2D eigenvalue weighted by atomic mass is 16.6. The molecule has 4 aromatic rings. The van der Waals surface area contributed by atoms with Crippen LogP contribution in [0.2, 0.25) is 0 Å². The normalized spacial score (nSPS) is 13.8. The van der Waals surface area contributed by atoms with Crippen molar-refractivity contribution in [2.75, 3.05) is 0 Å². The third kappa shape index (κ3) is 4.83. The highest BCUT2D eigenvalue weighted by Crippen LogP contribution is 2.33. The van der Waals surface area contributed by atoms with Crippen molar-refractivity contribution in [3.05, 3.63) is 155 Å². The van der Waals surface area contributed by atoms with Gasteiger partial charge in [-0.3, -0.25) is 9.59 Å². The van der Waals surface area contributed by atoms with Crippen LogP contribution in [0.1, 0.15) is 31.8 Å². The molecule has 0 amide bonds. The molecule has 6 heteroatoms. The maximum absolute atomic E-state index is 13.7. The van der Waals surface area contributed by atoms with E-state index in [0.717, 1.165) is 0 Å². The molecule has 0 spiro atoms. The summed E-state index contributed by atoms with van der Waals surface area (Å²) in [6, 6.07) is 32.8. The molecule has 0 bridgehead atoms. The van der Waals surface area contributed by atoms with Gasteiger partial charge in [-0.25, -0.2) is 9.59 Å². The van der Waals surface area contributed by atoms with Gasteiger partial charge in [0.25, 0.3) is 0 Å². The molecule has 0 aliphatic carbocycles. The van der Waals surface area contributed by atoms with Crippen molar-refractivity contribution in [1.82, 2.24) is 0 Å². The first-order chi connectivity index (χ1) is 18.5. The number of cyclic esters (lactones) is 2. The van der Waals surface area contributed by atoms with E-state index in [1.54, 1.807) is 121 Å². The molecule has 5 rings (SSSR count). The van der Waals surface area contributed by atoms with E-state index in [0.29, 0.717) is 11.1 Å². The lowest BCUT2D eigenvalue weighted by Crippen LogP contribution is -2.27. The molecule has 184 valence electrons. The van der Waals surface area contributed by atoms with Crippen LogP contribution in [-0.4, -0.2) is 23.5 Å². The Morgan fingerprint density at radius 2 is 0.711 bits per heavy atom. The first-order valence-corrected chi connectivity index (χ1v) is 11.8. The standard InChI is InChI=1S/C32H20O6/c33-27(21-13-5-1-6-14-21)25-29(23-17-9-3-10-18-23)37-32(36)26(28(34)22-15-7-2-8-16-22)30(38-31(25)35)24-19-11-4-12-20-24/h1-20H. The number of carbonyl (C=O) groups excluding carboxylic acids is 4. The molecule has 0 atom stereocenters. The summed E-state index contributed by atoms with van der Waals surface area (Å²) in [7, 11) is 0. The second-order valence-electron chi connectivity index (χ2n) is 8.31. The predicted molar refractivity (Wildman–Crippen MR) is 140 cm³/mol. The lowest BCUT2D eigenvalue weighted by molar-refractivity contribution is -0.134. The van der Waals surface area contributed by atoms with E-state index in [2.05, 4.69) is 0 Å². The Balaban J connectivity index is 1.73. The summed E-state index contributed by atoms with van der Waals surface area (Å²) < 4.78 is 11.5. The first kappa shape index (κ1) is 24.3. The number of ether oxygens (including phenoxy) is 2. The highest BCUT2D eigenvalue weighted by Gasteiger charge is 2.37. The molecular formula is C32H20O6. The maximum atomic E-state index is 13.7. The molecule has 1 heterocycles. The van der Waals surface area contributed by atoms with Gasteiger partial charge in [0.2, 0.25) is 11.6 Å². The lowest BCUT2D eigenvalue weighted by Gasteiger charge is -2.21. The molecule has 1 aliphatic rings. The monoisotopic (exact) mass is 500 g/mol. The molecule has 1 aliphatic heterocycles. The third-order valence-electron chi connectivity index (χ3n) is 5.85. The van der Waals surface area contributed by atoms with E-state index in [1.165, 1.54) is 0 Å². The van der Waals surface area contributed by atoms with Crippen LogP contribution in [0.15, 0.2) is 132 Å². The van der Waals surface area contributed by atoms with Crippen LogP contribution in [-0.2, 0) is 19.1 Å². The van der Waals surface area contributed by atoms with E-state index in [9.17, 15) is 19.2 Å². The van der Waals surface area contributed by atoms with Crippen molar-refractivity contribution in [1.29, 1.82) is 0 Å². The number of hydrogen-bond donors (Lipinski definition) is 0. The Morgan fingerprint density at radius 1 is 0.421 bits per heavy atom. The molecule has 38 heavy (non-hydrogen) atoms. The van der Waals surface area contributed by atoms with Crippen LogP contribution in [0, 0.1) is 0 Å². The minimum Gasteiger partial charge on any atom is -0.421 e. The van der Waals surface area contributed by atoms with E-state index in [4.69, 9.17) is 9.47 Å². The summed E-state index contributed by atoms with van der Waals surface area (Å²) in [6.45, 7) is 0. The summed E-state index contributed by atoms with van der Waals surface area (Å²) in [4.78, 5) is 54.7. The van der Waals surface area contributed by atoms with Crippen LogP contribution in [0.5, 0.6) is 0 Å². The van der Waals surface area contributed by atoms with E-state index in [-0.39, 0.29) is 22.6 Å². The number of Topliss-reactive ketones (excluding diaryl/α,β-unsaturated/α-hetero) is 2. The van der Waals surface area contributed by atoms with Gasteiger partial charge in [-0.1, -0.05) is 121 Å². The van der Waals surface area contributed by atoms with E-state index in [1.807, 2.05) is 0 Å². The number of carbonyl (C=O) groups is 4. The zero-order valence-corrected chi connectivity index (χ0v) is 20.0. The van der Waals surface area contributed by atoms with Crippen LogP contribution in [0.3, 0.4) is 0 Å². The summed E-state index contributed by atoms with van der Waals surface area (Å²) in [5, 5.41) is 0. The Hall–Kier alpha value is -5.36. The highest BCUT2D eigenvalue weighted by molar-refractivity contribution is 6.33. The number of benzene rings is 4. The van der Waals surface area contributed by atoms with Crippen LogP contribution >= 0.6 is 0 Å². The Morgan fingerprint density at radius 3 is 1.03 bits per heavy atom. The van der Waals surface area contributed by atoms with Crippen molar-refractivity contribution < 1.29 is 28.7 Å². The third-order valence-corrected chi connectivity index (χ3v) is 5.85. The zero-order valence-electron chi connectivity index (χ0n) is 20.0. The Kier molecular flexibility index (Phi) is 6.87. The SMILES string of the molecule is O=C1OC(c2ccccc2)=C(C(=O)c2ccccc2)C(=O)OC(c2ccccc2)=C1C(=O)c1ccccc1. The summed E-state index contributed by atoms with van der Waals surface area (Å²) in [5.74, 6) is -4.07. The number of hydrogen-bond acceptors (Lipinski definition) is 6. The van der Waals surface area contributed by atoms with Crippen LogP contribution in [0.25, 0.3) is 11.5 Å². The van der Waals surface area contributed by atoms with Crippen molar-refractivity contribution in [3.63, 3.8) is 0 Å². The fraction of sp³-hybridized carbons (Fsp3) is 0. The molecule has 4 aromatic carbocycles. The number of esters is 2. The first-order valence-electron chi connectivity index (χ1n) is 11.8. The van der Waals surface area contributed by atoms with Crippen molar-refractivity contribution in [2.45, 2.75) is 0 Å². The van der Waals surface area contributed by atoms with E-state index >= 15 is 0 Å². The molecule has 0 radical (unpaired) electrons. The zero-order chi connectivity index (χ0) is 26.5.